The molecule has 1 N–H and O–H groups in total. The highest BCUT2D eigenvalue weighted by atomic mass is 16.5. The summed E-state index contributed by atoms with van der Waals surface area (Å²) in [4.78, 5) is 4.34. The minimum Gasteiger partial charge on any atom is -0.497 e. The third-order valence-electron chi connectivity index (χ3n) is 3.63. The Balaban J connectivity index is 2.08. The van der Waals surface area contributed by atoms with Crippen LogP contribution >= 0.6 is 0 Å². The van der Waals surface area contributed by atoms with Crippen LogP contribution in [-0.4, -0.2) is 18.7 Å². The molecule has 120 valence electrons. The lowest BCUT2D eigenvalue weighted by molar-refractivity contribution is 0.340. The molecular weight excluding hydrogens is 302 g/mol. The van der Waals surface area contributed by atoms with Gasteiger partial charge in [0.2, 0.25) is 0 Å². The number of ether oxygens (including phenoxy) is 2. The van der Waals surface area contributed by atoms with Crippen LogP contribution in [0.25, 0.3) is 10.9 Å². The van der Waals surface area contributed by atoms with Gasteiger partial charge in [-0.1, -0.05) is 0 Å². The van der Waals surface area contributed by atoms with E-state index in [0.717, 1.165) is 28.1 Å². The summed E-state index contributed by atoms with van der Waals surface area (Å²) in [5, 5.41) is 13.6. The van der Waals surface area contributed by atoms with Crippen molar-refractivity contribution in [1.82, 2.24) is 4.98 Å². The number of anilines is 2. The number of nitrogens with one attached hydrogen (secondary N) is 1. The number of benzene rings is 2. The number of pyridine rings is 1. The molecular formula is C19H17N3O2. The number of nitriles is 1. The van der Waals surface area contributed by atoms with Crippen LogP contribution in [0.2, 0.25) is 0 Å². The van der Waals surface area contributed by atoms with Crippen LogP contribution in [0, 0.1) is 11.3 Å². The summed E-state index contributed by atoms with van der Waals surface area (Å²) in [5.41, 5.74) is 2.86. The molecule has 5 nitrogen and oxygen atoms in total. The number of aromatic nitrogens is 1. The fourth-order valence-corrected chi connectivity index (χ4v) is 2.47. The van der Waals surface area contributed by atoms with Gasteiger partial charge in [0.1, 0.15) is 17.6 Å². The Morgan fingerprint density at radius 3 is 2.54 bits per heavy atom. The maximum atomic E-state index is 9.43. The van der Waals surface area contributed by atoms with Crippen molar-refractivity contribution in [1.29, 1.82) is 5.26 Å². The van der Waals surface area contributed by atoms with E-state index in [1.54, 1.807) is 13.3 Å². The first-order valence-electron chi connectivity index (χ1n) is 7.62. The maximum absolute atomic E-state index is 9.43. The third kappa shape index (κ3) is 3.08. The average Bonchev–Trinajstić information content (AvgIpc) is 2.63. The largest absolute Gasteiger partial charge is 0.497 e. The predicted octanol–water partition coefficient (Wildman–Crippen LogP) is 4.26. The van der Waals surface area contributed by atoms with E-state index in [9.17, 15) is 5.26 Å². The van der Waals surface area contributed by atoms with E-state index in [0.29, 0.717) is 17.9 Å². The van der Waals surface area contributed by atoms with Gasteiger partial charge in [0, 0.05) is 17.3 Å². The molecule has 1 heterocycles. The molecule has 0 aliphatic carbocycles. The van der Waals surface area contributed by atoms with E-state index < -0.39 is 0 Å². The number of nitrogens with zero attached hydrogens (tertiary/aromatic N) is 2. The highest BCUT2D eigenvalue weighted by Crippen LogP contribution is 2.31. The van der Waals surface area contributed by atoms with Gasteiger partial charge in [-0.2, -0.15) is 5.26 Å². The molecule has 1 aromatic heterocycles. The van der Waals surface area contributed by atoms with Crippen molar-refractivity contribution in [3.63, 3.8) is 0 Å². The lowest BCUT2D eigenvalue weighted by Gasteiger charge is -2.13. The zero-order chi connectivity index (χ0) is 16.9. The Hall–Kier alpha value is -3.26. The van der Waals surface area contributed by atoms with Crippen molar-refractivity contribution < 1.29 is 9.47 Å². The molecule has 0 saturated heterocycles. The molecule has 0 bridgehead atoms. The normalized spacial score (nSPS) is 10.2. The molecule has 0 unspecified atom stereocenters. The molecule has 0 saturated carbocycles. The van der Waals surface area contributed by atoms with Crippen molar-refractivity contribution in [2.75, 3.05) is 19.0 Å². The molecule has 0 aliphatic rings. The summed E-state index contributed by atoms with van der Waals surface area (Å²) in [7, 11) is 1.63. The van der Waals surface area contributed by atoms with E-state index in [1.807, 2.05) is 49.4 Å². The van der Waals surface area contributed by atoms with Crippen LogP contribution < -0.4 is 14.8 Å². The van der Waals surface area contributed by atoms with Gasteiger partial charge >= 0.3 is 0 Å². The van der Waals surface area contributed by atoms with Gasteiger partial charge in [0.25, 0.3) is 0 Å². The molecule has 3 rings (SSSR count). The smallest absolute Gasteiger partial charge is 0.120 e. The fraction of sp³-hybridized carbons (Fsp3) is 0.158. The van der Waals surface area contributed by atoms with E-state index in [-0.39, 0.29) is 0 Å². The van der Waals surface area contributed by atoms with Gasteiger partial charge in [-0.25, -0.2) is 0 Å². The second-order valence-corrected chi connectivity index (χ2v) is 5.12. The molecule has 5 heteroatoms. The van der Waals surface area contributed by atoms with Gasteiger partial charge in [0.15, 0.2) is 0 Å². The van der Waals surface area contributed by atoms with Gasteiger partial charge in [-0.3, -0.25) is 4.98 Å². The summed E-state index contributed by atoms with van der Waals surface area (Å²) >= 11 is 0. The second kappa shape index (κ2) is 6.88. The first-order valence-corrected chi connectivity index (χ1v) is 7.62. The van der Waals surface area contributed by atoms with Crippen molar-refractivity contribution in [2.45, 2.75) is 6.92 Å². The van der Waals surface area contributed by atoms with Crippen LogP contribution in [0.4, 0.5) is 11.4 Å². The molecule has 0 amide bonds. The summed E-state index contributed by atoms with van der Waals surface area (Å²) in [5.74, 6) is 1.53. The van der Waals surface area contributed by atoms with Crippen LogP contribution in [0.5, 0.6) is 11.5 Å². The second-order valence-electron chi connectivity index (χ2n) is 5.12. The number of fused-ring (bicyclic) bond motifs is 1. The Morgan fingerprint density at radius 1 is 1.12 bits per heavy atom. The Bertz CT molecular complexity index is 899. The highest BCUT2D eigenvalue weighted by Gasteiger charge is 2.10. The van der Waals surface area contributed by atoms with Crippen LogP contribution in [0.1, 0.15) is 12.5 Å². The first-order chi connectivity index (χ1) is 11.7. The lowest BCUT2D eigenvalue weighted by atomic mass is 10.1. The summed E-state index contributed by atoms with van der Waals surface area (Å²) in [6.45, 7) is 2.52. The Kier molecular flexibility index (Phi) is 4.48. The van der Waals surface area contributed by atoms with E-state index in [2.05, 4.69) is 16.4 Å². The maximum Gasteiger partial charge on any atom is 0.120 e. The molecule has 0 aliphatic heterocycles. The minimum atomic E-state index is 0.479. The van der Waals surface area contributed by atoms with Gasteiger partial charge in [0.05, 0.1) is 30.5 Å². The summed E-state index contributed by atoms with van der Waals surface area (Å²) in [6.07, 6.45) is 1.58. The molecule has 0 fully saturated rings. The van der Waals surface area contributed by atoms with E-state index in [1.165, 1.54) is 0 Å². The topological polar surface area (TPSA) is 67.2 Å². The Morgan fingerprint density at radius 2 is 1.88 bits per heavy atom. The monoisotopic (exact) mass is 319 g/mol. The Labute approximate surface area is 140 Å². The standard InChI is InChI=1S/C19H17N3O2/c1-3-24-16-8-9-18-17(10-16)19(13(11-20)12-21-18)22-14-4-6-15(23-2)7-5-14/h4-10,12H,3H2,1-2H3,(H,21,22). The van der Waals surface area contributed by atoms with Gasteiger partial charge < -0.3 is 14.8 Å². The molecule has 0 radical (unpaired) electrons. The molecule has 24 heavy (non-hydrogen) atoms. The lowest BCUT2D eigenvalue weighted by Crippen LogP contribution is -1.98. The SMILES string of the molecule is CCOc1ccc2ncc(C#N)c(Nc3ccc(OC)cc3)c2c1. The average molecular weight is 319 g/mol. The predicted molar refractivity (Wildman–Crippen MR) is 93.9 cm³/mol. The highest BCUT2D eigenvalue weighted by molar-refractivity contribution is 5.96. The number of hydrogen-bond acceptors (Lipinski definition) is 5. The quantitative estimate of drug-likeness (QED) is 0.761. The molecule has 0 atom stereocenters. The van der Waals surface area contributed by atoms with Gasteiger partial charge in [-0.15, -0.1) is 0 Å². The number of methoxy groups -OCH3 is 1. The van der Waals surface area contributed by atoms with Gasteiger partial charge in [-0.05, 0) is 49.4 Å². The van der Waals surface area contributed by atoms with Crippen LogP contribution in [0.15, 0.2) is 48.7 Å². The molecule has 0 spiro atoms. The zero-order valence-corrected chi connectivity index (χ0v) is 13.5. The minimum absolute atomic E-state index is 0.479. The van der Waals surface area contributed by atoms with Crippen molar-refractivity contribution in [3.05, 3.63) is 54.2 Å². The van der Waals surface area contributed by atoms with Crippen molar-refractivity contribution in [2.24, 2.45) is 0 Å². The first kappa shape index (κ1) is 15.6. The van der Waals surface area contributed by atoms with E-state index >= 15 is 0 Å². The molecule has 2 aromatic carbocycles. The summed E-state index contributed by atoms with van der Waals surface area (Å²) < 4.78 is 10.7. The van der Waals surface area contributed by atoms with Crippen molar-refractivity contribution in [3.8, 4) is 17.6 Å². The molecule has 3 aromatic rings. The third-order valence-corrected chi connectivity index (χ3v) is 3.63. The number of hydrogen-bond donors (Lipinski definition) is 1. The summed E-state index contributed by atoms with van der Waals surface area (Å²) in [6, 6.07) is 15.4. The van der Waals surface area contributed by atoms with E-state index in [4.69, 9.17) is 9.47 Å². The number of rotatable bonds is 5. The van der Waals surface area contributed by atoms with Crippen LogP contribution in [0.3, 0.4) is 0 Å². The van der Waals surface area contributed by atoms with Crippen molar-refractivity contribution >= 4 is 22.3 Å². The fourth-order valence-electron chi connectivity index (χ4n) is 2.47. The zero-order valence-electron chi connectivity index (χ0n) is 13.5. The van der Waals surface area contributed by atoms with Crippen LogP contribution in [-0.2, 0) is 0 Å².